The second-order valence-corrected chi connectivity index (χ2v) is 12.3. The summed E-state index contributed by atoms with van der Waals surface area (Å²) >= 11 is 0. The molecule has 0 saturated heterocycles. The normalized spacial score (nSPS) is 13.6. The summed E-state index contributed by atoms with van der Waals surface area (Å²) in [6, 6.07) is 45.3. The molecule has 0 spiro atoms. The second-order valence-electron chi connectivity index (χ2n) is 12.3. The minimum Gasteiger partial charge on any atom is -0.0616 e. The summed E-state index contributed by atoms with van der Waals surface area (Å²) in [5, 5.41) is 7.89. The highest BCUT2D eigenvalue weighted by atomic mass is 14.4. The van der Waals surface area contributed by atoms with Crippen molar-refractivity contribution in [3.05, 3.63) is 144 Å². The van der Waals surface area contributed by atoms with Gasteiger partial charge in [0, 0.05) is 5.41 Å². The zero-order valence-corrected chi connectivity index (χ0v) is 24.0. The maximum atomic E-state index is 2.50. The molecule has 0 fully saturated rings. The van der Waals surface area contributed by atoms with E-state index in [2.05, 4.69) is 149 Å². The summed E-state index contributed by atoms with van der Waals surface area (Å²) in [5.74, 6) is 0. The van der Waals surface area contributed by atoms with Gasteiger partial charge in [-0.15, -0.1) is 0 Å². The molecular weight excluding hydrogens is 492 g/mol. The number of hydrogen-bond donors (Lipinski definition) is 0. The van der Waals surface area contributed by atoms with Crippen molar-refractivity contribution in [3.8, 4) is 33.4 Å². The predicted octanol–water partition coefficient (Wildman–Crippen LogP) is 11.4. The molecule has 0 radical (unpaired) electrons. The maximum absolute atomic E-state index is 2.50. The van der Waals surface area contributed by atoms with Crippen molar-refractivity contribution in [3.63, 3.8) is 0 Å². The van der Waals surface area contributed by atoms with Gasteiger partial charge in [-0.3, -0.25) is 0 Å². The van der Waals surface area contributed by atoms with Gasteiger partial charge in [0.05, 0.1) is 0 Å². The van der Waals surface area contributed by atoms with E-state index in [4.69, 9.17) is 0 Å². The van der Waals surface area contributed by atoms with Crippen LogP contribution in [0.15, 0.2) is 121 Å². The molecule has 1 aliphatic carbocycles. The number of aryl methyl sites for hydroxylation is 2. The highest BCUT2D eigenvalue weighted by Crippen LogP contribution is 2.55. The molecule has 0 unspecified atom stereocenters. The van der Waals surface area contributed by atoms with Gasteiger partial charge in [0.1, 0.15) is 0 Å². The van der Waals surface area contributed by atoms with E-state index in [1.54, 1.807) is 0 Å². The average molecular weight is 525 g/mol. The molecule has 0 heterocycles. The monoisotopic (exact) mass is 524 g/mol. The van der Waals surface area contributed by atoms with Gasteiger partial charge >= 0.3 is 0 Å². The van der Waals surface area contributed by atoms with Crippen LogP contribution in [0.4, 0.5) is 0 Å². The molecule has 7 aromatic carbocycles. The van der Waals surface area contributed by atoms with Crippen molar-refractivity contribution < 1.29 is 0 Å². The molecule has 0 bridgehead atoms. The van der Waals surface area contributed by atoms with E-state index in [1.807, 2.05) is 0 Å². The van der Waals surface area contributed by atoms with Crippen LogP contribution in [0.1, 0.15) is 36.1 Å². The lowest BCUT2D eigenvalue weighted by Crippen LogP contribution is -2.15. The Labute approximate surface area is 241 Å². The summed E-state index contributed by atoms with van der Waals surface area (Å²) in [6.45, 7) is 9.32. The smallest absolute Gasteiger partial charge is 0.0159 e. The largest absolute Gasteiger partial charge is 0.0616 e. The van der Waals surface area contributed by atoms with Crippen molar-refractivity contribution in [2.24, 2.45) is 0 Å². The molecule has 0 heteroatoms. The third-order valence-corrected chi connectivity index (χ3v) is 9.49. The molecule has 41 heavy (non-hydrogen) atoms. The van der Waals surface area contributed by atoms with Gasteiger partial charge in [-0.2, -0.15) is 0 Å². The van der Waals surface area contributed by atoms with Crippen molar-refractivity contribution in [2.45, 2.75) is 33.1 Å². The number of fused-ring (bicyclic) bond motifs is 8. The van der Waals surface area contributed by atoms with Gasteiger partial charge in [0.15, 0.2) is 0 Å². The molecule has 0 N–H and O–H groups in total. The van der Waals surface area contributed by atoms with Crippen LogP contribution in [-0.4, -0.2) is 0 Å². The third-order valence-electron chi connectivity index (χ3n) is 9.49. The topological polar surface area (TPSA) is 0 Å². The minimum atomic E-state index is -0.0819. The van der Waals surface area contributed by atoms with E-state index in [9.17, 15) is 0 Å². The number of hydrogen-bond acceptors (Lipinski definition) is 0. The van der Waals surface area contributed by atoms with Crippen molar-refractivity contribution in [2.75, 3.05) is 0 Å². The molecule has 0 atom stereocenters. The summed E-state index contributed by atoms with van der Waals surface area (Å²) in [4.78, 5) is 0. The minimum absolute atomic E-state index is 0.0819. The van der Waals surface area contributed by atoms with Crippen LogP contribution >= 0.6 is 0 Å². The molecule has 0 saturated carbocycles. The Bertz CT molecular complexity index is 2190. The first kappa shape index (κ1) is 24.1. The summed E-state index contributed by atoms with van der Waals surface area (Å²) in [5.41, 5.74) is 13.4. The van der Waals surface area contributed by atoms with E-state index >= 15 is 0 Å². The van der Waals surface area contributed by atoms with Gasteiger partial charge < -0.3 is 0 Å². The van der Waals surface area contributed by atoms with Gasteiger partial charge in [0.2, 0.25) is 0 Å². The molecule has 0 aromatic heterocycles. The number of benzene rings is 7. The van der Waals surface area contributed by atoms with E-state index in [0.29, 0.717) is 0 Å². The second kappa shape index (κ2) is 8.66. The zero-order valence-electron chi connectivity index (χ0n) is 24.0. The standard InChI is InChI=1S/C41H32/c1-25-22-35(26(2)21-34(25)30-18-17-27-11-5-6-13-29(27)23-30)36-24-38-40(33-16-10-9-15-32(33)36)39-31-14-8-7-12-28(31)19-20-37(39)41(38,3)4/h5-24H,1-4H3. The Morgan fingerprint density at radius 2 is 1.00 bits per heavy atom. The van der Waals surface area contributed by atoms with E-state index < -0.39 is 0 Å². The van der Waals surface area contributed by atoms with Crippen LogP contribution in [0.5, 0.6) is 0 Å². The quantitative estimate of drug-likeness (QED) is 0.211. The third kappa shape index (κ3) is 3.47. The van der Waals surface area contributed by atoms with E-state index in [0.717, 1.165) is 0 Å². The molecule has 1 aliphatic rings. The molecule has 196 valence electrons. The highest BCUT2D eigenvalue weighted by molar-refractivity contribution is 6.14. The van der Waals surface area contributed by atoms with Crippen LogP contribution < -0.4 is 0 Å². The van der Waals surface area contributed by atoms with Crippen LogP contribution in [0, 0.1) is 13.8 Å². The lowest BCUT2D eigenvalue weighted by atomic mass is 9.79. The van der Waals surface area contributed by atoms with Gasteiger partial charge in [0.25, 0.3) is 0 Å². The van der Waals surface area contributed by atoms with Crippen molar-refractivity contribution in [1.82, 2.24) is 0 Å². The first-order valence-electron chi connectivity index (χ1n) is 14.6. The summed E-state index contributed by atoms with van der Waals surface area (Å²) < 4.78 is 0. The van der Waals surface area contributed by atoms with Crippen molar-refractivity contribution in [1.29, 1.82) is 0 Å². The van der Waals surface area contributed by atoms with Gasteiger partial charge in [-0.05, 0) is 114 Å². The SMILES string of the molecule is Cc1cc(-c2cc3c(c4ccccc24)-c2c(ccc4ccccc24)C3(C)C)c(C)cc1-c1ccc2ccccc2c1. The highest BCUT2D eigenvalue weighted by Gasteiger charge is 2.38. The Hall–Kier alpha value is -4.68. The Balaban J connectivity index is 1.37. The van der Waals surface area contributed by atoms with Gasteiger partial charge in [-0.25, -0.2) is 0 Å². The molecule has 8 rings (SSSR count). The Morgan fingerprint density at radius 1 is 0.415 bits per heavy atom. The zero-order chi connectivity index (χ0) is 27.9. The fraction of sp³-hybridized carbons (Fsp3) is 0.122. The van der Waals surface area contributed by atoms with Gasteiger partial charge in [-0.1, -0.05) is 123 Å². The molecule has 7 aromatic rings. The molecule has 0 amide bonds. The Kier molecular flexibility index (Phi) is 5.10. The summed E-state index contributed by atoms with van der Waals surface area (Å²) in [6.07, 6.45) is 0. The number of rotatable bonds is 2. The lowest BCUT2D eigenvalue weighted by Gasteiger charge is -2.23. The fourth-order valence-electron chi connectivity index (χ4n) is 7.34. The average Bonchev–Trinajstić information content (AvgIpc) is 3.24. The van der Waals surface area contributed by atoms with Crippen LogP contribution in [0.2, 0.25) is 0 Å². The van der Waals surface area contributed by atoms with E-state index in [-0.39, 0.29) is 5.41 Å². The first-order chi connectivity index (χ1) is 19.9. The van der Waals surface area contributed by atoms with E-state index in [1.165, 1.54) is 88.0 Å². The molecule has 0 nitrogen and oxygen atoms in total. The lowest BCUT2D eigenvalue weighted by molar-refractivity contribution is 0.661. The van der Waals surface area contributed by atoms with Crippen LogP contribution in [0.25, 0.3) is 65.7 Å². The van der Waals surface area contributed by atoms with Crippen molar-refractivity contribution >= 4 is 32.3 Å². The van der Waals surface area contributed by atoms with Crippen LogP contribution in [-0.2, 0) is 5.41 Å². The predicted molar refractivity (Wildman–Crippen MR) is 177 cm³/mol. The van der Waals surface area contributed by atoms with Crippen LogP contribution in [0.3, 0.4) is 0 Å². The maximum Gasteiger partial charge on any atom is 0.0159 e. The molecule has 0 aliphatic heterocycles. The summed E-state index contributed by atoms with van der Waals surface area (Å²) in [7, 11) is 0. The first-order valence-corrected chi connectivity index (χ1v) is 14.6. The molecular formula is C41H32. The fourth-order valence-corrected chi connectivity index (χ4v) is 7.34. The Morgan fingerprint density at radius 3 is 1.80 bits per heavy atom.